The molecule has 0 amide bonds. The third kappa shape index (κ3) is 2.31. The average molecular weight is 274 g/mol. The van der Waals surface area contributed by atoms with Crippen LogP contribution >= 0.6 is 34.8 Å². The number of hydrogen-bond donors (Lipinski definition) is 0. The summed E-state index contributed by atoms with van der Waals surface area (Å²) in [5.74, 6) is 0. The second-order valence-electron chi connectivity index (χ2n) is 2.49. The maximum absolute atomic E-state index is 12.5. The first-order valence-electron chi connectivity index (χ1n) is 3.41. The fourth-order valence-electron chi connectivity index (χ4n) is 0.940. The first-order valence-corrected chi connectivity index (χ1v) is 4.54. The molecule has 80 valence electrons. The van der Waals surface area contributed by atoms with Crippen molar-refractivity contribution in [3.63, 3.8) is 0 Å². The van der Waals surface area contributed by atoms with Crippen LogP contribution in [0.3, 0.4) is 0 Å². The van der Waals surface area contributed by atoms with E-state index < -0.39 is 27.5 Å². The Labute approximate surface area is 98.2 Å². The molecular formula is C8HCl3F3N. The summed E-state index contributed by atoms with van der Waals surface area (Å²) in [6, 6.07) is 0.839. The van der Waals surface area contributed by atoms with Gasteiger partial charge in [0.25, 0.3) is 0 Å². The molecule has 0 aliphatic heterocycles. The number of alkyl halides is 3. The number of hydrogen-bond acceptors (Lipinski definition) is 0. The van der Waals surface area contributed by atoms with Crippen LogP contribution in [0.15, 0.2) is 6.07 Å². The summed E-state index contributed by atoms with van der Waals surface area (Å²) in [5, 5.41) is -1.33. The second-order valence-corrected chi connectivity index (χ2v) is 3.65. The van der Waals surface area contributed by atoms with Crippen LogP contribution in [0.25, 0.3) is 4.85 Å². The molecule has 1 aromatic carbocycles. The molecule has 0 radical (unpaired) electrons. The summed E-state index contributed by atoms with van der Waals surface area (Å²) < 4.78 is 37.4. The number of rotatable bonds is 0. The molecule has 0 bridgehead atoms. The van der Waals surface area contributed by atoms with Crippen molar-refractivity contribution in [2.75, 3.05) is 0 Å². The molecule has 0 fully saturated rings. The molecule has 0 N–H and O–H groups in total. The normalized spacial score (nSPS) is 11.3. The quantitative estimate of drug-likeness (QED) is 0.451. The van der Waals surface area contributed by atoms with Gasteiger partial charge in [-0.1, -0.05) is 34.8 Å². The highest BCUT2D eigenvalue weighted by atomic mass is 35.5. The highest BCUT2D eigenvalue weighted by Gasteiger charge is 2.37. The zero-order chi connectivity index (χ0) is 11.8. The Hall–Kier alpha value is -0.630. The summed E-state index contributed by atoms with van der Waals surface area (Å²) in [4.78, 5) is 2.70. The van der Waals surface area contributed by atoms with E-state index in [1.54, 1.807) is 0 Å². The van der Waals surface area contributed by atoms with E-state index in [-0.39, 0.29) is 5.02 Å². The number of halogens is 6. The molecule has 1 rings (SSSR count). The van der Waals surface area contributed by atoms with Gasteiger partial charge in [0.05, 0.1) is 27.2 Å². The Kier molecular flexibility index (Phi) is 3.39. The molecule has 0 atom stereocenters. The van der Waals surface area contributed by atoms with Crippen molar-refractivity contribution in [3.8, 4) is 0 Å². The van der Waals surface area contributed by atoms with E-state index in [4.69, 9.17) is 41.4 Å². The third-order valence-corrected chi connectivity index (χ3v) is 2.81. The monoisotopic (exact) mass is 273 g/mol. The molecule has 0 aromatic heterocycles. The lowest BCUT2D eigenvalue weighted by Crippen LogP contribution is -2.06. The van der Waals surface area contributed by atoms with Gasteiger partial charge >= 0.3 is 6.18 Å². The standard InChI is InChI=1S/C8HCl3F3N/c1-15-4-2-3(9)6(10)7(11)5(4)8(12,13)14/h2H. The van der Waals surface area contributed by atoms with Crippen molar-refractivity contribution in [2.45, 2.75) is 6.18 Å². The van der Waals surface area contributed by atoms with Gasteiger partial charge in [-0.15, -0.1) is 0 Å². The van der Waals surface area contributed by atoms with Gasteiger partial charge in [-0.05, 0) is 6.07 Å². The topological polar surface area (TPSA) is 4.36 Å². The van der Waals surface area contributed by atoms with Gasteiger partial charge in [0.15, 0.2) is 0 Å². The lowest BCUT2D eigenvalue weighted by atomic mass is 10.1. The van der Waals surface area contributed by atoms with Crippen LogP contribution in [0.2, 0.25) is 15.1 Å². The molecule has 0 heterocycles. The van der Waals surface area contributed by atoms with Crippen molar-refractivity contribution in [3.05, 3.63) is 38.1 Å². The fourth-order valence-corrected chi connectivity index (χ4v) is 1.64. The largest absolute Gasteiger partial charge is 0.408 e. The minimum atomic E-state index is -4.73. The molecule has 1 aromatic rings. The Balaban J connectivity index is 3.65. The SMILES string of the molecule is [C-]#[N+]c1cc(Cl)c(Cl)c(Cl)c1C(F)(F)F. The second kappa shape index (κ2) is 4.09. The highest BCUT2D eigenvalue weighted by Crippen LogP contribution is 2.46. The van der Waals surface area contributed by atoms with Gasteiger partial charge < -0.3 is 0 Å². The zero-order valence-corrected chi connectivity index (χ0v) is 9.06. The molecule has 0 unspecified atom stereocenters. The van der Waals surface area contributed by atoms with Gasteiger partial charge in [-0.25, -0.2) is 4.85 Å². The van der Waals surface area contributed by atoms with Gasteiger partial charge in [-0.3, -0.25) is 0 Å². The first kappa shape index (κ1) is 12.4. The van der Waals surface area contributed by atoms with Crippen molar-refractivity contribution in [1.82, 2.24) is 0 Å². The summed E-state index contributed by atoms with van der Waals surface area (Å²) in [6.45, 7) is 6.59. The molecule has 0 aliphatic carbocycles. The molecule has 7 heteroatoms. The van der Waals surface area contributed by atoms with Crippen LogP contribution in [0.5, 0.6) is 0 Å². The van der Waals surface area contributed by atoms with Crippen molar-refractivity contribution in [2.24, 2.45) is 0 Å². The summed E-state index contributed by atoms with van der Waals surface area (Å²) in [7, 11) is 0. The van der Waals surface area contributed by atoms with Crippen LogP contribution in [-0.2, 0) is 6.18 Å². The predicted molar refractivity (Wildman–Crippen MR) is 52.7 cm³/mol. The van der Waals surface area contributed by atoms with Gasteiger partial charge in [0.1, 0.15) is 0 Å². The summed E-state index contributed by atoms with van der Waals surface area (Å²) >= 11 is 16.3. The minimum absolute atomic E-state index is 0.180. The minimum Gasteiger partial charge on any atom is -0.237 e. The first-order chi connectivity index (χ1) is 6.79. The highest BCUT2D eigenvalue weighted by molar-refractivity contribution is 6.48. The van der Waals surface area contributed by atoms with E-state index >= 15 is 0 Å². The lowest BCUT2D eigenvalue weighted by molar-refractivity contribution is -0.136. The van der Waals surface area contributed by atoms with Gasteiger partial charge in [-0.2, -0.15) is 13.2 Å². The van der Waals surface area contributed by atoms with E-state index in [0.717, 1.165) is 6.07 Å². The van der Waals surface area contributed by atoms with Crippen LogP contribution in [-0.4, -0.2) is 0 Å². The van der Waals surface area contributed by atoms with Crippen molar-refractivity contribution < 1.29 is 13.2 Å². The third-order valence-electron chi connectivity index (χ3n) is 1.55. The van der Waals surface area contributed by atoms with Gasteiger partial charge in [0.2, 0.25) is 5.69 Å². The van der Waals surface area contributed by atoms with E-state index in [0.29, 0.717) is 0 Å². The Morgan fingerprint density at radius 3 is 2.07 bits per heavy atom. The number of nitrogens with zero attached hydrogens (tertiary/aromatic N) is 1. The van der Waals surface area contributed by atoms with Crippen LogP contribution in [0.1, 0.15) is 5.56 Å². The molecule has 0 aliphatic rings. The Morgan fingerprint density at radius 2 is 1.67 bits per heavy atom. The maximum atomic E-state index is 12.5. The van der Waals surface area contributed by atoms with Crippen molar-refractivity contribution >= 4 is 40.5 Å². The lowest BCUT2D eigenvalue weighted by Gasteiger charge is -2.12. The van der Waals surface area contributed by atoms with E-state index in [2.05, 4.69) is 4.85 Å². The summed E-state index contributed by atoms with van der Waals surface area (Å²) in [5.41, 5.74) is -1.92. The summed E-state index contributed by atoms with van der Waals surface area (Å²) in [6.07, 6.45) is -4.73. The van der Waals surface area contributed by atoms with E-state index in [1.807, 2.05) is 0 Å². The van der Waals surface area contributed by atoms with E-state index in [9.17, 15) is 13.2 Å². The van der Waals surface area contributed by atoms with E-state index in [1.165, 1.54) is 0 Å². The van der Waals surface area contributed by atoms with Crippen LogP contribution < -0.4 is 0 Å². The molecule has 15 heavy (non-hydrogen) atoms. The van der Waals surface area contributed by atoms with Crippen LogP contribution in [0, 0.1) is 6.57 Å². The number of benzene rings is 1. The van der Waals surface area contributed by atoms with Gasteiger partial charge in [0, 0.05) is 0 Å². The average Bonchev–Trinajstić information content (AvgIpc) is 2.11. The Bertz CT molecular complexity index is 448. The van der Waals surface area contributed by atoms with Crippen molar-refractivity contribution in [1.29, 1.82) is 0 Å². The molecule has 0 saturated heterocycles. The molecule has 0 spiro atoms. The zero-order valence-electron chi connectivity index (χ0n) is 6.79. The fraction of sp³-hybridized carbons (Fsp3) is 0.125. The smallest absolute Gasteiger partial charge is 0.237 e. The van der Waals surface area contributed by atoms with Crippen LogP contribution in [0.4, 0.5) is 18.9 Å². The molecular weight excluding hydrogens is 273 g/mol. The predicted octanol–water partition coefficient (Wildman–Crippen LogP) is 5.22. The molecule has 0 saturated carbocycles. The molecule has 1 nitrogen and oxygen atoms in total. The Morgan fingerprint density at radius 1 is 1.13 bits per heavy atom. The maximum Gasteiger partial charge on any atom is 0.408 e.